The molecule has 1 unspecified atom stereocenters. The van der Waals surface area contributed by atoms with Gasteiger partial charge in [0.2, 0.25) is 5.88 Å². The van der Waals surface area contributed by atoms with Crippen molar-refractivity contribution in [1.82, 2.24) is 4.98 Å². The van der Waals surface area contributed by atoms with E-state index in [-0.39, 0.29) is 5.88 Å². The molecule has 0 radical (unpaired) electrons. The van der Waals surface area contributed by atoms with E-state index < -0.39 is 11.5 Å². The lowest BCUT2D eigenvalue weighted by Crippen LogP contribution is -2.41. The summed E-state index contributed by atoms with van der Waals surface area (Å²) in [4.78, 5) is 15.5. The molecule has 0 aromatic carbocycles. The lowest BCUT2D eigenvalue weighted by molar-refractivity contribution is 0.0593. The van der Waals surface area contributed by atoms with E-state index in [0.29, 0.717) is 12.2 Å². The summed E-state index contributed by atoms with van der Waals surface area (Å²) in [5.74, 6) is -0.215. The highest BCUT2D eigenvalue weighted by Crippen LogP contribution is 2.17. The van der Waals surface area contributed by atoms with Gasteiger partial charge in [0.1, 0.15) is 12.2 Å². The van der Waals surface area contributed by atoms with Crippen molar-refractivity contribution >= 4 is 5.97 Å². The minimum atomic E-state index is -0.469. The molecule has 0 aliphatic heterocycles. The van der Waals surface area contributed by atoms with Crippen molar-refractivity contribution in [2.24, 2.45) is 5.73 Å². The number of carbonyl (C=O) groups is 1. The molecule has 0 fully saturated rings. The topological polar surface area (TPSA) is 74.4 Å². The molecular formula is C12H18N2O3. The monoisotopic (exact) mass is 238 g/mol. The number of nitrogens with zero attached hydrogens (tertiary/aromatic N) is 1. The van der Waals surface area contributed by atoms with Gasteiger partial charge in [-0.15, -0.1) is 0 Å². The van der Waals surface area contributed by atoms with Crippen LogP contribution in [0.4, 0.5) is 0 Å². The van der Waals surface area contributed by atoms with Gasteiger partial charge in [0, 0.05) is 11.7 Å². The van der Waals surface area contributed by atoms with Crippen LogP contribution in [0.2, 0.25) is 0 Å². The summed E-state index contributed by atoms with van der Waals surface area (Å²) < 4.78 is 10.1. The van der Waals surface area contributed by atoms with Gasteiger partial charge in [-0.25, -0.2) is 9.78 Å². The van der Waals surface area contributed by atoms with E-state index in [1.807, 2.05) is 13.8 Å². The maximum atomic E-state index is 11.5. The van der Waals surface area contributed by atoms with E-state index in [9.17, 15) is 4.79 Å². The summed E-state index contributed by atoms with van der Waals surface area (Å²) in [5.41, 5.74) is 5.82. The highest BCUT2D eigenvalue weighted by molar-refractivity contribution is 5.91. The normalized spacial score (nSPS) is 13.9. The standard InChI is InChI=1S/C12H18N2O3/c1-4-12(2,13)8-17-10-9(11(15)16-3)6-5-7-14-10/h5-7H,4,8,13H2,1-3H3. The van der Waals surface area contributed by atoms with E-state index in [1.54, 1.807) is 18.3 Å². The van der Waals surface area contributed by atoms with Crippen LogP contribution in [0.5, 0.6) is 5.88 Å². The lowest BCUT2D eigenvalue weighted by Gasteiger charge is -2.22. The van der Waals surface area contributed by atoms with Gasteiger partial charge in [0.05, 0.1) is 7.11 Å². The number of rotatable bonds is 5. The fourth-order valence-corrected chi connectivity index (χ4v) is 1.11. The average Bonchev–Trinajstić information content (AvgIpc) is 2.36. The largest absolute Gasteiger partial charge is 0.475 e. The number of hydrogen-bond acceptors (Lipinski definition) is 5. The maximum absolute atomic E-state index is 11.5. The Bertz CT molecular complexity index is 391. The van der Waals surface area contributed by atoms with Crippen LogP contribution in [0.3, 0.4) is 0 Å². The van der Waals surface area contributed by atoms with Crippen molar-refractivity contribution in [3.63, 3.8) is 0 Å². The van der Waals surface area contributed by atoms with Crippen molar-refractivity contribution in [3.8, 4) is 5.88 Å². The molecule has 0 saturated carbocycles. The SMILES string of the molecule is CCC(C)(N)COc1ncccc1C(=O)OC. The smallest absolute Gasteiger partial charge is 0.343 e. The second-order valence-corrected chi connectivity index (χ2v) is 4.14. The van der Waals surface area contributed by atoms with E-state index >= 15 is 0 Å². The second-order valence-electron chi connectivity index (χ2n) is 4.14. The molecule has 0 saturated heterocycles. The van der Waals surface area contributed by atoms with Gasteiger partial charge in [-0.05, 0) is 25.5 Å². The van der Waals surface area contributed by atoms with Gasteiger partial charge in [0.15, 0.2) is 0 Å². The maximum Gasteiger partial charge on any atom is 0.343 e. The number of carbonyl (C=O) groups excluding carboxylic acids is 1. The molecular weight excluding hydrogens is 220 g/mol. The van der Waals surface area contributed by atoms with Crippen molar-refractivity contribution in [2.75, 3.05) is 13.7 Å². The van der Waals surface area contributed by atoms with E-state index in [4.69, 9.17) is 10.5 Å². The summed E-state index contributed by atoms with van der Waals surface area (Å²) in [6.45, 7) is 4.15. The zero-order valence-electron chi connectivity index (χ0n) is 10.4. The first-order valence-corrected chi connectivity index (χ1v) is 5.45. The van der Waals surface area contributed by atoms with Crippen LogP contribution >= 0.6 is 0 Å². The van der Waals surface area contributed by atoms with Crippen LogP contribution in [0.15, 0.2) is 18.3 Å². The van der Waals surface area contributed by atoms with Crippen LogP contribution in [0, 0.1) is 0 Å². The number of pyridine rings is 1. The first-order chi connectivity index (χ1) is 8.00. The van der Waals surface area contributed by atoms with Crippen LogP contribution in [0.1, 0.15) is 30.6 Å². The van der Waals surface area contributed by atoms with Gasteiger partial charge >= 0.3 is 5.97 Å². The summed E-state index contributed by atoms with van der Waals surface area (Å²) in [6.07, 6.45) is 2.33. The Labute approximate surface area is 101 Å². The number of aromatic nitrogens is 1. The van der Waals surface area contributed by atoms with Gasteiger partial charge in [-0.3, -0.25) is 0 Å². The molecule has 2 N–H and O–H groups in total. The Hall–Kier alpha value is -1.62. The molecule has 0 spiro atoms. The van der Waals surface area contributed by atoms with Crippen LogP contribution in [-0.2, 0) is 4.74 Å². The molecule has 5 nitrogen and oxygen atoms in total. The summed E-state index contributed by atoms with van der Waals surface area (Å²) in [5, 5.41) is 0. The second kappa shape index (κ2) is 5.63. The molecule has 1 rings (SSSR count). The molecule has 0 aliphatic carbocycles. The minimum Gasteiger partial charge on any atom is -0.475 e. The van der Waals surface area contributed by atoms with Crippen molar-refractivity contribution < 1.29 is 14.3 Å². The first-order valence-electron chi connectivity index (χ1n) is 5.45. The van der Waals surface area contributed by atoms with Crippen LogP contribution in [-0.4, -0.2) is 30.2 Å². The Morgan fingerprint density at radius 3 is 2.88 bits per heavy atom. The molecule has 1 atom stereocenters. The zero-order chi connectivity index (χ0) is 12.9. The van der Waals surface area contributed by atoms with Crippen molar-refractivity contribution in [1.29, 1.82) is 0 Å². The summed E-state index contributed by atoms with van der Waals surface area (Å²) in [6, 6.07) is 3.26. The Morgan fingerprint density at radius 2 is 2.29 bits per heavy atom. The number of esters is 1. The van der Waals surface area contributed by atoms with E-state index in [2.05, 4.69) is 9.72 Å². The molecule has 1 heterocycles. The first kappa shape index (κ1) is 13.4. The molecule has 1 aromatic rings. The van der Waals surface area contributed by atoms with Gasteiger partial charge in [0.25, 0.3) is 0 Å². The fraction of sp³-hybridized carbons (Fsp3) is 0.500. The fourth-order valence-electron chi connectivity index (χ4n) is 1.11. The molecule has 0 bridgehead atoms. The number of methoxy groups -OCH3 is 1. The third-order valence-corrected chi connectivity index (χ3v) is 2.52. The molecule has 94 valence electrons. The molecule has 0 aliphatic rings. The quantitative estimate of drug-likeness (QED) is 0.784. The van der Waals surface area contributed by atoms with Crippen LogP contribution < -0.4 is 10.5 Å². The third-order valence-electron chi connectivity index (χ3n) is 2.52. The van der Waals surface area contributed by atoms with E-state index in [0.717, 1.165) is 6.42 Å². The Kier molecular flexibility index (Phi) is 4.45. The summed E-state index contributed by atoms with van der Waals surface area (Å²) in [7, 11) is 1.32. The van der Waals surface area contributed by atoms with Crippen molar-refractivity contribution in [2.45, 2.75) is 25.8 Å². The number of ether oxygens (including phenoxy) is 2. The third kappa shape index (κ3) is 3.71. The molecule has 0 amide bonds. The minimum absolute atomic E-state index is 0.254. The van der Waals surface area contributed by atoms with Crippen LogP contribution in [0.25, 0.3) is 0 Å². The van der Waals surface area contributed by atoms with E-state index in [1.165, 1.54) is 7.11 Å². The highest BCUT2D eigenvalue weighted by Gasteiger charge is 2.19. The Balaban J connectivity index is 2.81. The molecule has 1 aromatic heterocycles. The number of nitrogens with two attached hydrogens (primary N) is 1. The zero-order valence-corrected chi connectivity index (χ0v) is 10.4. The summed E-state index contributed by atoms with van der Waals surface area (Å²) >= 11 is 0. The Morgan fingerprint density at radius 1 is 1.59 bits per heavy atom. The molecule has 17 heavy (non-hydrogen) atoms. The predicted octanol–water partition coefficient (Wildman–Crippen LogP) is 1.37. The number of hydrogen-bond donors (Lipinski definition) is 1. The average molecular weight is 238 g/mol. The predicted molar refractivity (Wildman–Crippen MR) is 64.0 cm³/mol. The lowest BCUT2D eigenvalue weighted by atomic mass is 10.0. The van der Waals surface area contributed by atoms with Gasteiger partial charge in [-0.1, -0.05) is 6.92 Å². The van der Waals surface area contributed by atoms with Gasteiger partial charge in [-0.2, -0.15) is 0 Å². The highest BCUT2D eigenvalue weighted by atomic mass is 16.5. The molecule has 5 heteroatoms. The van der Waals surface area contributed by atoms with Crippen molar-refractivity contribution in [3.05, 3.63) is 23.9 Å². The van der Waals surface area contributed by atoms with Gasteiger partial charge < -0.3 is 15.2 Å².